The number of nitrogens with zero attached hydrogens (tertiary/aromatic N) is 2. The number of fused-ring (bicyclic) bond motifs is 1. The number of hydrogen-bond acceptors (Lipinski definition) is 5. The summed E-state index contributed by atoms with van der Waals surface area (Å²) < 4.78 is 5.31. The molecule has 5 nitrogen and oxygen atoms in total. The van der Waals surface area contributed by atoms with Gasteiger partial charge in [0.05, 0.1) is 18.9 Å². The van der Waals surface area contributed by atoms with Crippen molar-refractivity contribution < 1.29 is 4.74 Å². The van der Waals surface area contributed by atoms with Crippen molar-refractivity contribution in [1.29, 1.82) is 0 Å². The lowest BCUT2D eigenvalue weighted by Crippen LogP contribution is -2.22. The number of nitrogens with two attached hydrogens (primary N) is 2. The first-order valence-corrected chi connectivity index (χ1v) is 5.14. The lowest BCUT2D eigenvalue weighted by molar-refractivity contribution is 0.109. The van der Waals surface area contributed by atoms with Crippen molar-refractivity contribution in [1.82, 2.24) is 9.97 Å². The van der Waals surface area contributed by atoms with Crippen molar-refractivity contribution in [3.63, 3.8) is 0 Å². The van der Waals surface area contributed by atoms with Gasteiger partial charge < -0.3 is 16.2 Å². The van der Waals surface area contributed by atoms with E-state index in [1.807, 2.05) is 6.92 Å². The van der Waals surface area contributed by atoms with Gasteiger partial charge in [-0.1, -0.05) is 0 Å². The maximum absolute atomic E-state index is 5.85. The molecule has 0 radical (unpaired) electrons. The Bertz CT molecular complexity index is 365. The molecule has 0 fully saturated rings. The van der Waals surface area contributed by atoms with Crippen molar-refractivity contribution in [2.45, 2.75) is 32.4 Å². The van der Waals surface area contributed by atoms with Crippen LogP contribution in [0.1, 0.15) is 24.0 Å². The van der Waals surface area contributed by atoms with Crippen LogP contribution < -0.4 is 11.5 Å². The van der Waals surface area contributed by atoms with Gasteiger partial charge in [0.2, 0.25) is 0 Å². The highest BCUT2D eigenvalue weighted by atomic mass is 16.5. The van der Waals surface area contributed by atoms with Crippen LogP contribution >= 0.6 is 0 Å². The molecule has 5 heteroatoms. The second-order valence-corrected chi connectivity index (χ2v) is 3.93. The van der Waals surface area contributed by atoms with Gasteiger partial charge in [-0.15, -0.1) is 0 Å². The highest BCUT2D eigenvalue weighted by Gasteiger charge is 2.16. The third-order valence-electron chi connectivity index (χ3n) is 2.41. The molecule has 15 heavy (non-hydrogen) atoms. The van der Waals surface area contributed by atoms with Crippen LogP contribution in [0, 0.1) is 0 Å². The van der Waals surface area contributed by atoms with E-state index in [4.69, 9.17) is 16.2 Å². The molecule has 2 rings (SSSR count). The number of aromatic nitrogens is 2. The smallest absolute Gasteiger partial charge is 0.132 e. The fraction of sp³-hybridized carbons (Fsp3) is 0.600. The molecule has 2 heterocycles. The summed E-state index contributed by atoms with van der Waals surface area (Å²) in [5, 5.41) is 0. The van der Waals surface area contributed by atoms with E-state index in [1.165, 1.54) is 0 Å². The van der Waals surface area contributed by atoms with Gasteiger partial charge >= 0.3 is 0 Å². The lowest BCUT2D eigenvalue weighted by atomic mass is 10.1. The Morgan fingerprint density at radius 2 is 2.27 bits per heavy atom. The average Bonchev–Trinajstić information content (AvgIpc) is 2.16. The maximum atomic E-state index is 5.85. The number of nitrogen functional groups attached to an aromatic ring is 1. The van der Waals surface area contributed by atoms with Gasteiger partial charge in [0.1, 0.15) is 11.6 Å². The molecular weight excluding hydrogens is 192 g/mol. The van der Waals surface area contributed by atoms with E-state index in [0.29, 0.717) is 25.5 Å². The number of ether oxygens (including phenoxy) is 1. The molecular formula is C10H16N4O. The zero-order valence-corrected chi connectivity index (χ0v) is 8.86. The van der Waals surface area contributed by atoms with Crippen LogP contribution in [0.25, 0.3) is 0 Å². The van der Waals surface area contributed by atoms with Gasteiger partial charge in [0, 0.05) is 24.4 Å². The minimum absolute atomic E-state index is 0.0577. The van der Waals surface area contributed by atoms with Gasteiger partial charge in [-0.2, -0.15) is 0 Å². The van der Waals surface area contributed by atoms with E-state index in [1.54, 1.807) is 0 Å². The molecule has 1 aliphatic rings. The summed E-state index contributed by atoms with van der Waals surface area (Å²) in [5.41, 5.74) is 13.5. The van der Waals surface area contributed by atoms with Gasteiger partial charge in [-0.05, 0) is 6.92 Å². The second kappa shape index (κ2) is 4.12. The Kier molecular flexibility index (Phi) is 2.83. The Morgan fingerprint density at radius 1 is 1.47 bits per heavy atom. The highest BCUT2D eigenvalue weighted by molar-refractivity contribution is 5.42. The van der Waals surface area contributed by atoms with E-state index >= 15 is 0 Å². The quantitative estimate of drug-likeness (QED) is 0.715. The molecule has 0 spiro atoms. The minimum Gasteiger partial charge on any atom is -0.383 e. The Balaban J connectivity index is 2.32. The molecule has 1 aromatic rings. The average molecular weight is 208 g/mol. The van der Waals surface area contributed by atoms with Gasteiger partial charge in [0.15, 0.2) is 0 Å². The van der Waals surface area contributed by atoms with Crippen LogP contribution in [0.15, 0.2) is 0 Å². The van der Waals surface area contributed by atoms with Crippen LogP contribution in [0.3, 0.4) is 0 Å². The van der Waals surface area contributed by atoms with E-state index in [-0.39, 0.29) is 6.04 Å². The summed E-state index contributed by atoms with van der Waals surface area (Å²) in [6.45, 7) is 3.17. The lowest BCUT2D eigenvalue weighted by Gasteiger charge is -2.18. The van der Waals surface area contributed by atoms with Crippen LogP contribution in [0.4, 0.5) is 5.82 Å². The zero-order valence-electron chi connectivity index (χ0n) is 8.86. The van der Waals surface area contributed by atoms with E-state index in [9.17, 15) is 0 Å². The second-order valence-electron chi connectivity index (χ2n) is 3.93. The molecule has 1 aromatic heterocycles. The minimum atomic E-state index is 0.0577. The van der Waals surface area contributed by atoms with Crippen molar-refractivity contribution in [2.24, 2.45) is 5.73 Å². The summed E-state index contributed by atoms with van der Waals surface area (Å²) in [7, 11) is 0. The monoisotopic (exact) mass is 208 g/mol. The summed E-state index contributed by atoms with van der Waals surface area (Å²) in [6.07, 6.45) is 1.48. The first-order chi connectivity index (χ1) is 7.16. The third kappa shape index (κ3) is 2.24. The zero-order chi connectivity index (χ0) is 10.8. The van der Waals surface area contributed by atoms with E-state index < -0.39 is 0 Å². The normalized spacial score (nSPS) is 17.2. The third-order valence-corrected chi connectivity index (χ3v) is 2.41. The number of rotatable bonds is 2. The van der Waals surface area contributed by atoms with Gasteiger partial charge in [-0.25, -0.2) is 9.97 Å². The first kappa shape index (κ1) is 10.3. The van der Waals surface area contributed by atoms with Crippen LogP contribution in [-0.4, -0.2) is 22.6 Å². The first-order valence-electron chi connectivity index (χ1n) is 5.14. The van der Waals surface area contributed by atoms with Crippen LogP contribution in [0.2, 0.25) is 0 Å². The molecule has 0 aliphatic carbocycles. The molecule has 0 aromatic carbocycles. The van der Waals surface area contributed by atoms with Gasteiger partial charge in [-0.3, -0.25) is 0 Å². The number of anilines is 1. The predicted molar refractivity (Wildman–Crippen MR) is 57.2 cm³/mol. The maximum Gasteiger partial charge on any atom is 0.132 e. The molecule has 1 atom stereocenters. The van der Waals surface area contributed by atoms with E-state index in [0.717, 1.165) is 23.5 Å². The van der Waals surface area contributed by atoms with Crippen molar-refractivity contribution >= 4 is 5.82 Å². The van der Waals surface area contributed by atoms with Crippen molar-refractivity contribution in [2.75, 3.05) is 12.3 Å². The molecule has 0 saturated carbocycles. The highest BCUT2D eigenvalue weighted by Crippen LogP contribution is 2.19. The SMILES string of the molecule is CC(N)Cc1nc(N)c2c(n1)CCOC2. The standard InChI is InChI=1S/C10H16N4O/c1-6(11)4-9-13-8-2-3-15-5-7(8)10(12)14-9/h6H,2-5,11H2,1H3,(H2,12,13,14). The summed E-state index contributed by atoms with van der Waals surface area (Å²) in [6, 6.07) is 0.0577. The fourth-order valence-corrected chi connectivity index (χ4v) is 1.69. The molecule has 0 saturated heterocycles. The largest absolute Gasteiger partial charge is 0.383 e. The van der Waals surface area contributed by atoms with Crippen molar-refractivity contribution in [3.05, 3.63) is 17.1 Å². The molecule has 82 valence electrons. The molecule has 0 bridgehead atoms. The Morgan fingerprint density at radius 3 is 3.00 bits per heavy atom. The molecule has 1 unspecified atom stereocenters. The van der Waals surface area contributed by atoms with E-state index in [2.05, 4.69) is 9.97 Å². The molecule has 1 aliphatic heterocycles. The summed E-state index contributed by atoms with van der Waals surface area (Å²) in [4.78, 5) is 8.70. The topological polar surface area (TPSA) is 87.0 Å². The number of hydrogen-bond donors (Lipinski definition) is 2. The fourth-order valence-electron chi connectivity index (χ4n) is 1.69. The summed E-state index contributed by atoms with van der Waals surface area (Å²) in [5.74, 6) is 1.28. The summed E-state index contributed by atoms with van der Waals surface area (Å²) >= 11 is 0. The molecule has 0 amide bonds. The Hall–Kier alpha value is -1.20. The molecule has 4 N–H and O–H groups in total. The van der Waals surface area contributed by atoms with Crippen molar-refractivity contribution in [3.8, 4) is 0 Å². The van der Waals surface area contributed by atoms with Gasteiger partial charge in [0.25, 0.3) is 0 Å². The Labute approximate surface area is 88.8 Å². The van der Waals surface area contributed by atoms with Crippen LogP contribution in [0.5, 0.6) is 0 Å². The van der Waals surface area contributed by atoms with Crippen LogP contribution in [-0.2, 0) is 24.2 Å². The predicted octanol–water partition coefficient (Wildman–Crippen LogP) is 0.0212.